The van der Waals surface area contributed by atoms with Crippen LogP contribution in [-0.2, 0) is 0 Å². The fraction of sp³-hybridized carbons (Fsp3) is 0.167. The van der Waals surface area contributed by atoms with Gasteiger partial charge in [0.2, 0.25) is 0 Å². The summed E-state index contributed by atoms with van der Waals surface area (Å²) in [4.78, 5) is 49.4. The molecule has 6 nitrogen and oxygen atoms in total. The van der Waals surface area contributed by atoms with Gasteiger partial charge < -0.3 is 0 Å². The molecule has 92 valence electrons. The maximum absolute atomic E-state index is 11.3. The molecule has 3 rings (SSSR count). The maximum atomic E-state index is 11.3. The maximum Gasteiger partial charge on any atom is 0.258 e. The number of H-pyrrole nitrogens is 2. The van der Waals surface area contributed by atoms with Crippen molar-refractivity contribution in [2.24, 2.45) is 0 Å². The summed E-state index contributed by atoms with van der Waals surface area (Å²) in [6.07, 6.45) is 0. The molecule has 0 radical (unpaired) electrons. The van der Waals surface area contributed by atoms with Gasteiger partial charge in [-0.25, -0.2) is 0 Å². The highest BCUT2D eigenvalue weighted by Gasteiger charge is 2.12. The van der Waals surface area contributed by atoms with Crippen molar-refractivity contribution in [2.75, 3.05) is 0 Å². The second-order valence-electron chi connectivity index (χ2n) is 3.51. The minimum Gasteiger partial charge on any atom is -0.288 e. The lowest BCUT2D eigenvalue weighted by molar-refractivity contribution is 1.26. The van der Waals surface area contributed by atoms with E-state index < -0.39 is 22.2 Å². The molecule has 2 aromatic heterocycles. The molecule has 2 heterocycles. The molecule has 6 heteroatoms. The molecule has 0 aliphatic rings. The van der Waals surface area contributed by atoms with Crippen LogP contribution in [-0.4, -0.2) is 9.97 Å². The van der Waals surface area contributed by atoms with E-state index in [1.54, 1.807) is 0 Å². The Kier molecular flexibility index (Phi) is 2.70. The fourth-order valence-electron chi connectivity index (χ4n) is 1.83. The van der Waals surface area contributed by atoms with Gasteiger partial charge in [0.15, 0.2) is 0 Å². The van der Waals surface area contributed by atoms with Crippen molar-refractivity contribution in [1.82, 2.24) is 9.97 Å². The van der Waals surface area contributed by atoms with Crippen LogP contribution in [0.4, 0.5) is 0 Å². The highest BCUT2D eigenvalue weighted by atomic mass is 16.2. The molecule has 3 aromatic rings. The van der Waals surface area contributed by atoms with Crippen molar-refractivity contribution in [3.8, 4) is 0 Å². The molecular weight excluding hydrogens is 236 g/mol. The molecule has 0 spiro atoms. The van der Waals surface area contributed by atoms with Crippen molar-refractivity contribution in [2.45, 2.75) is 13.8 Å². The third-order valence-corrected chi connectivity index (χ3v) is 2.59. The smallest absolute Gasteiger partial charge is 0.258 e. The molecule has 0 aliphatic heterocycles. The molecule has 0 fully saturated rings. The second-order valence-corrected chi connectivity index (χ2v) is 3.51. The van der Waals surface area contributed by atoms with E-state index in [-0.39, 0.29) is 21.5 Å². The van der Waals surface area contributed by atoms with Gasteiger partial charge in [-0.05, 0) is 12.1 Å². The zero-order chi connectivity index (χ0) is 13.4. The summed E-state index contributed by atoms with van der Waals surface area (Å²) >= 11 is 0. The first-order chi connectivity index (χ1) is 8.58. The standard InChI is InChI=1S/C10H4N2O4.C2H6/c13-7-3-1-4-6(10(16)12-8(4)14)2-5(3)9(15)11-7;1-2/h1-2H,(H,11,13,15)(H,12,14,16);1-2H3. The zero-order valence-electron chi connectivity index (χ0n) is 9.79. The highest BCUT2D eigenvalue weighted by molar-refractivity contribution is 5.97. The molecule has 0 amide bonds. The minimum atomic E-state index is -0.546. The fourth-order valence-corrected chi connectivity index (χ4v) is 1.83. The lowest BCUT2D eigenvalue weighted by Gasteiger charge is -1.86. The van der Waals surface area contributed by atoms with Crippen molar-refractivity contribution in [3.05, 3.63) is 53.5 Å². The van der Waals surface area contributed by atoms with Crippen LogP contribution in [0.15, 0.2) is 31.3 Å². The Morgan fingerprint density at radius 2 is 0.833 bits per heavy atom. The predicted molar refractivity (Wildman–Crippen MR) is 69.0 cm³/mol. The van der Waals surface area contributed by atoms with Gasteiger partial charge in [-0.15, -0.1) is 0 Å². The number of hydrogen-bond donors (Lipinski definition) is 2. The van der Waals surface area contributed by atoms with Gasteiger partial charge >= 0.3 is 0 Å². The average molecular weight is 246 g/mol. The molecule has 0 saturated heterocycles. The highest BCUT2D eigenvalue weighted by Crippen LogP contribution is 2.12. The molecule has 0 saturated carbocycles. The molecule has 0 aliphatic carbocycles. The number of aromatic nitrogens is 2. The van der Waals surface area contributed by atoms with Crippen LogP contribution in [0.5, 0.6) is 0 Å². The summed E-state index contributed by atoms with van der Waals surface area (Å²) in [6.45, 7) is 4.00. The molecule has 2 N–H and O–H groups in total. The van der Waals surface area contributed by atoms with Crippen LogP contribution in [0.25, 0.3) is 21.5 Å². The summed E-state index contributed by atoms with van der Waals surface area (Å²) in [6, 6.07) is 2.54. The van der Waals surface area contributed by atoms with E-state index in [1.807, 2.05) is 13.8 Å². The predicted octanol–water partition coefficient (Wildman–Crippen LogP) is -0.00820. The van der Waals surface area contributed by atoms with E-state index >= 15 is 0 Å². The van der Waals surface area contributed by atoms with Crippen molar-refractivity contribution in [3.63, 3.8) is 0 Å². The van der Waals surface area contributed by atoms with E-state index in [9.17, 15) is 19.2 Å². The Hall–Kier alpha value is -2.50. The Labute approximate surface area is 99.6 Å². The van der Waals surface area contributed by atoms with Crippen molar-refractivity contribution >= 4 is 21.5 Å². The first-order valence-corrected chi connectivity index (χ1v) is 5.47. The topological polar surface area (TPSA) is 99.9 Å². The zero-order valence-corrected chi connectivity index (χ0v) is 9.79. The summed E-state index contributed by atoms with van der Waals surface area (Å²) in [5.41, 5.74) is -2.19. The first-order valence-electron chi connectivity index (χ1n) is 5.47. The van der Waals surface area contributed by atoms with E-state index in [2.05, 4.69) is 9.97 Å². The lowest BCUT2D eigenvalue weighted by Crippen LogP contribution is -2.06. The number of fused-ring (bicyclic) bond motifs is 2. The largest absolute Gasteiger partial charge is 0.288 e. The van der Waals surface area contributed by atoms with Gasteiger partial charge in [0, 0.05) is 0 Å². The van der Waals surface area contributed by atoms with Gasteiger partial charge in [0.25, 0.3) is 22.2 Å². The minimum absolute atomic E-state index is 0.133. The third-order valence-electron chi connectivity index (χ3n) is 2.59. The van der Waals surface area contributed by atoms with Crippen molar-refractivity contribution in [1.29, 1.82) is 0 Å². The molecule has 0 atom stereocenters. The Bertz CT molecular complexity index is 776. The second kappa shape index (κ2) is 4.06. The average Bonchev–Trinajstić information content (AvgIpc) is 2.80. The first kappa shape index (κ1) is 12.0. The van der Waals surface area contributed by atoms with E-state index in [1.165, 1.54) is 12.1 Å². The van der Waals surface area contributed by atoms with Gasteiger partial charge in [-0.2, -0.15) is 0 Å². The third kappa shape index (κ3) is 1.50. The molecular formula is C12H10N2O4. The van der Waals surface area contributed by atoms with E-state index in [0.717, 1.165) is 0 Å². The van der Waals surface area contributed by atoms with E-state index in [4.69, 9.17) is 0 Å². The molecule has 18 heavy (non-hydrogen) atoms. The van der Waals surface area contributed by atoms with Crippen LogP contribution in [0, 0.1) is 0 Å². The molecule has 1 aromatic carbocycles. The summed E-state index contributed by atoms with van der Waals surface area (Å²) in [5.74, 6) is 0. The van der Waals surface area contributed by atoms with Crippen LogP contribution in [0.3, 0.4) is 0 Å². The number of rotatable bonds is 0. The van der Waals surface area contributed by atoms with E-state index in [0.29, 0.717) is 0 Å². The monoisotopic (exact) mass is 246 g/mol. The summed E-state index contributed by atoms with van der Waals surface area (Å²) in [7, 11) is 0. The van der Waals surface area contributed by atoms with Gasteiger partial charge in [-0.3, -0.25) is 29.1 Å². The number of hydrogen-bond acceptors (Lipinski definition) is 4. The number of aromatic amines is 2. The van der Waals surface area contributed by atoms with Crippen LogP contribution in [0.2, 0.25) is 0 Å². The summed E-state index contributed by atoms with van der Waals surface area (Å²) in [5, 5.41) is 0.532. The van der Waals surface area contributed by atoms with Crippen LogP contribution >= 0.6 is 0 Å². The molecule has 0 unspecified atom stereocenters. The lowest BCUT2D eigenvalue weighted by atomic mass is 10.1. The molecule has 0 bridgehead atoms. The number of benzene rings is 1. The SMILES string of the molecule is CC.O=c1[nH]c(=O)c2cc3c(=O)[nH]c(=O)c3cc12. The van der Waals surface area contributed by atoms with Crippen LogP contribution in [0.1, 0.15) is 13.8 Å². The summed E-state index contributed by atoms with van der Waals surface area (Å²) < 4.78 is 0. The van der Waals surface area contributed by atoms with Gasteiger partial charge in [0.1, 0.15) is 0 Å². The Balaban J connectivity index is 0.000000574. The van der Waals surface area contributed by atoms with Crippen molar-refractivity contribution < 1.29 is 0 Å². The van der Waals surface area contributed by atoms with Crippen LogP contribution < -0.4 is 22.2 Å². The normalized spacial score (nSPS) is 10.6. The number of nitrogens with one attached hydrogen (secondary N) is 2. The van der Waals surface area contributed by atoms with Gasteiger partial charge in [0.05, 0.1) is 21.5 Å². The Morgan fingerprint density at radius 1 is 0.611 bits per heavy atom. The van der Waals surface area contributed by atoms with Gasteiger partial charge in [-0.1, -0.05) is 13.8 Å². The Morgan fingerprint density at radius 3 is 1.06 bits per heavy atom. The quantitative estimate of drug-likeness (QED) is 0.582.